The topological polar surface area (TPSA) is 95.3 Å². The van der Waals surface area contributed by atoms with E-state index in [1.807, 2.05) is 6.07 Å². The number of hydrogen-bond acceptors (Lipinski definition) is 6. The summed E-state index contributed by atoms with van der Waals surface area (Å²) in [4.78, 5) is 8.96. The molecule has 1 N–H and O–H groups in total. The minimum Gasteiger partial charge on any atom is -0.497 e. The van der Waals surface area contributed by atoms with Gasteiger partial charge >= 0.3 is 0 Å². The van der Waals surface area contributed by atoms with Crippen LogP contribution in [-0.4, -0.2) is 43.7 Å². The molecule has 2 heterocycles. The molecule has 2 aromatic heterocycles. The molecule has 0 bridgehead atoms. The zero-order chi connectivity index (χ0) is 22.7. The first kappa shape index (κ1) is 21.7. The van der Waals surface area contributed by atoms with Crippen LogP contribution in [0.1, 0.15) is 0 Å². The van der Waals surface area contributed by atoms with Crippen molar-refractivity contribution in [3.8, 4) is 22.9 Å². The molecule has 0 saturated heterocycles. The van der Waals surface area contributed by atoms with Crippen LogP contribution in [-0.2, 0) is 16.6 Å². The van der Waals surface area contributed by atoms with Gasteiger partial charge in [0.05, 0.1) is 14.2 Å². The van der Waals surface area contributed by atoms with Crippen molar-refractivity contribution in [1.82, 2.24) is 19.3 Å². The number of fused-ring (bicyclic) bond motifs is 1. The molecule has 2 aromatic carbocycles. The van der Waals surface area contributed by atoms with E-state index in [1.54, 1.807) is 35.0 Å². The number of rotatable bonds is 8. The van der Waals surface area contributed by atoms with Crippen LogP contribution in [0.2, 0.25) is 0 Å². The summed E-state index contributed by atoms with van der Waals surface area (Å²) >= 11 is 0. The van der Waals surface area contributed by atoms with Gasteiger partial charge in [0.2, 0.25) is 10.0 Å². The van der Waals surface area contributed by atoms with Crippen LogP contribution in [0.15, 0.2) is 65.7 Å². The molecule has 0 amide bonds. The molecule has 0 saturated carbocycles. The lowest BCUT2D eigenvalue weighted by atomic mass is 10.2. The number of pyridine rings is 1. The Kier molecular flexibility index (Phi) is 6.06. The summed E-state index contributed by atoms with van der Waals surface area (Å²) in [6.45, 7) is 0.324. The van der Waals surface area contributed by atoms with Crippen molar-refractivity contribution in [3.63, 3.8) is 0 Å². The van der Waals surface area contributed by atoms with Crippen LogP contribution in [0.4, 0.5) is 4.39 Å². The smallest absolute Gasteiger partial charge is 0.244 e. The summed E-state index contributed by atoms with van der Waals surface area (Å²) < 4.78 is 54.0. The first-order chi connectivity index (χ1) is 15.4. The standard InChI is InChI=1S/C22H21FN4O4S/c1-30-17-9-10-19(31-2)20(14-17)32(28,29)25-12-13-27-21(15-5-7-16(23)8-6-15)26-18-4-3-11-24-22(18)27/h3-11,14,25H,12-13H2,1-2H3. The quantitative estimate of drug-likeness (QED) is 0.437. The second-order valence-electron chi connectivity index (χ2n) is 6.85. The Morgan fingerprint density at radius 1 is 1.06 bits per heavy atom. The van der Waals surface area contributed by atoms with Crippen LogP contribution in [0.5, 0.6) is 11.5 Å². The fourth-order valence-electron chi connectivity index (χ4n) is 3.35. The number of hydrogen-bond donors (Lipinski definition) is 1. The highest BCUT2D eigenvalue weighted by Crippen LogP contribution is 2.28. The maximum absolute atomic E-state index is 13.4. The predicted octanol–water partition coefficient (Wildman–Crippen LogP) is 3.23. The van der Waals surface area contributed by atoms with Gasteiger partial charge in [-0.25, -0.2) is 27.5 Å². The van der Waals surface area contributed by atoms with E-state index in [2.05, 4.69) is 14.7 Å². The lowest BCUT2D eigenvalue weighted by Crippen LogP contribution is -2.28. The summed E-state index contributed by atoms with van der Waals surface area (Å²) in [6, 6.07) is 14.1. The molecule has 166 valence electrons. The molecule has 0 fully saturated rings. The average molecular weight is 456 g/mol. The van der Waals surface area contributed by atoms with E-state index in [-0.39, 0.29) is 29.6 Å². The number of nitrogens with zero attached hydrogens (tertiary/aromatic N) is 3. The summed E-state index contributed by atoms with van der Waals surface area (Å²) in [5.74, 6) is 0.820. The number of ether oxygens (including phenoxy) is 2. The molecule has 8 nitrogen and oxygen atoms in total. The fourth-order valence-corrected chi connectivity index (χ4v) is 4.56. The molecular weight excluding hydrogens is 435 g/mol. The third kappa shape index (κ3) is 4.27. The Balaban J connectivity index is 1.62. The summed E-state index contributed by atoms with van der Waals surface area (Å²) in [5.41, 5.74) is 1.95. The van der Waals surface area contributed by atoms with E-state index in [0.29, 0.717) is 28.3 Å². The van der Waals surface area contributed by atoms with E-state index in [0.717, 1.165) is 0 Å². The van der Waals surface area contributed by atoms with E-state index >= 15 is 0 Å². The summed E-state index contributed by atoms with van der Waals surface area (Å²) in [7, 11) is -1.02. The number of imidazole rings is 1. The molecular formula is C22H21FN4O4S. The Morgan fingerprint density at radius 3 is 2.56 bits per heavy atom. The fraction of sp³-hybridized carbons (Fsp3) is 0.182. The zero-order valence-electron chi connectivity index (χ0n) is 17.4. The van der Waals surface area contributed by atoms with Crippen molar-refractivity contribution in [2.24, 2.45) is 0 Å². The number of nitrogens with one attached hydrogen (secondary N) is 1. The normalized spacial score (nSPS) is 11.6. The van der Waals surface area contributed by atoms with Crippen LogP contribution in [0, 0.1) is 5.82 Å². The van der Waals surface area contributed by atoms with E-state index in [1.165, 1.54) is 38.5 Å². The van der Waals surface area contributed by atoms with Crippen molar-refractivity contribution in [2.45, 2.75) is 11.4 Å². The maximum Gasteiger partial charge on any atom is 0.244 e. The van der Waals surface area contributed by atoms with Gasteiger partial charge < -0.3 is 14.0 Å². The van der Waals surface area contributed by atoms with E-state index in [9.17, 15) is 12.8 Å². The molecule has 10 heteroatoms. The Bertz CT molecular complexity index is 1350. The monoisotopic (exact) mass is 456 g/mol. The van der Waals surface area contributed by atoms with Gasteiger partial charge in [-0.05, 0) is 48.5 Å². The molecule has 0 aliphatic heterocycles. The second kappa shape index (κ2) is 8.93. The largest absolute Gasteiger partial charge is 0.497 e. The SMILES string of the molecule is COc1ccc(OC)c(S(=O)(=O)NCCn2c(-c3ccc(F)cc3)nc3cccnc32)c1. The van der Waals surface area contributed by atoms with Gasteiger partial charge in [0, 0.05) is 30.9 Å². The molecule has 0 unspecified atom stereocenters. The average Bonchev–Trinajstić information content (AvgIpc) is 3.17. The third-order valence-corrected chi connectivity index (χ3v) is 6.38. The van der Waals surface area contributed by atoms with Crippen molar-refractivity contribution in [1.29, 1.82) is 0 Å². The van der Waals surface area contributed by atoms with Crippen molar-refractivity contribution in [2.75, 3.05) is 20.8 Å². The Labute approximate surface area is 184 Å². The first-order valence-corrected chi connectivity index (χ1v) is 11.2. The van der Waals surface area contributed by atoms with Crippen molar-refractivity contribution in [3.05, 3.63) is 66.6 Å². The third-order valence-electron chi connectivity index (χ3n) is 4.89. The Morgan fingerprint density at radius 2 is 1.84 bits per heavy atom. The lowest BCUT2D eigenvalue weighted by molar-refractivity contribution is 0.392. The second-order valence-corrected chi connectivity index (χ2v) is 8.59. The lowest BCUT2D eigenvalue weighted by Gasteiger charge is -2.13. The van der Waals surface area contributed by atoms with Gasteiger partial charge in [0.15, 0.2) is 5.65 Å². The summed E-state index contributed by atoms with van der Waals surface area (Å²) in [6.07, 6.45) is 1.64. The van der Waals surface area contributed by atoms with Gasteiger partial charge in [-0.2, -0.15) is 0 Å². The van der Waals surface area contributed by atoms with Gasteiger partial charge in [-0.3, -0.25) is 0 Å². The molecule has 0 aliphatic rings. The maximum atomic E-state index is 13.4. The van der Waals surface area contributed by atoms with Gasteiger partial charge in [-0.1, -0.05) is 0 Å². The van der Waals surface area contributed by atoms with Gasteiger partial charge in [-0.15, -0.1) is 0 Å². The molecule has 32 heavy (non-hydrogen) atoms. The first-order valence-electron chi connectivity index (χ1n) is 9.72. The van der Waals surface area contributed by atoms with Gasteiger partial charge in [0.25, 0.3) is 0 Å². The van der Waals surface area contributed by atoms with Crippen molar-refractivity contribution >= 4 is 21.2 Å². The molecule has 0 radical (unpaired) electrons. The number of halogens is 1. The molecule has 0 aliphatic carbocycles. The highest BCUT2D eigenvalue weighted by molar-refractivity contribution is 7.89. The molecule has 0 spiro atoms. The minimum absolute atomic E-state index is 0.0216. The number of aromatic nitrogens is 3. The van der Waals surface area contributed by atoms with E-state index in [4.69, 9.17) is 9.47 Å². The van der Waals surface area contributed by atoms with Gasteiger partial charge in [0.1, 0.15) is 33.6 Å². The molecule has 4 rings (SSSR count). The summed E-state index contributed by atoms with van der Waals surface area (Å²) in [5, 5.41) is 0. The van der Waals surface area contributed by atoms with E-state index < -0.39 is 10.0 Å². The van der Waals surface area contributed by atoms with Crippen molar-refractivity contribution < 1.29 is 22.3 Å². The van der Waals surface area contributed by atoms with Crippen LogP contribution >= 0.6 is 0 Å². The molecule has 4 aromatic rings. The number of sulfonamides is 1. The minimum atomic E-state index is -3.88. The highest BCUT2D eigenvalue weighted by atomic mass is 32.2. The number of methoxy groups -OCH3 is 2. The Hall–Kier alpha value is -3.50. The van der Waals surface area contributed by atoms with Crippen LogP contribution in [0.3, 0.4) is 0 Å². The molecule has 0 atom stereocenters. The van der Waals surface area contributed by atoms with Crippen LogP contribution in [0.25, 0.3) is 22.6 Å². The zero-order valence-corrected chi connectivity index (χ0v) is 18.3. The highest BCUT2D eigenvalue weighted by Gasteiger charge is 2.21. The van der Waals surface area contributed by atoms with Crippen LogP contribution < -0.4 is 14.2 Å². The predicted molar refractivity (Wildman–Crippen MR) is 118 cm³/mol. The number of benzene rings is 2.